The second-order valence-corrected chi connectivity index (χ2v) is 10.0. The number of aryl methyl sites for hydroxylation is 1. The fraction of sp³-hybridized carbons (Fsp3) is 0.536. The van der Waals surface area contributed by atoms with Crippen molar-refractivity contribution in [2.24, 2.45) is 0 Å². The van der Waals surface area contributed by atoms with Gasteiger partial charge in [-0.2, -0.15) is 0 Å². The van der Waals surface area contributed by atoms with Gasteiger partial charge in [0.25, 0.3) is 5.91 Å². The predicted octanol–water partition coefficient (Wildman–Crippen LogP) is 4.01. The van der Waals surface area contributed by atoms with E-state index >= 15 is 0 Å². The summed E-state index contributed by atoms with van der Waals surface area (Å²) < 4.78 is 6.08. The van der Waals surface area contributed by atoms with Gasteiger partial charge in [0.15, 0.2) is 0 Å². The summed E-state index contributed by atoms with van der Waals surface area (Å²) in [5.74, 6) is 0.950. The van der Waals surface area contributed by atoms with E-state index in [1.165, 1.54) is 17.5 Å². The van der Waals surface area contributed by atoms with Crippen molar-refractivity contribution in [2.75, 3.05) is 19.7 Å². The Balaban J connectivity index is 1.34. The quantitative estimate of drug-likeness (QED) is 0.569. The molecule has 0 spiro atoms. The van der Waals surface area contributed by atoms with Gasteiger partial charge < -0.3 is 15.4 Å². The standard InChI is InChI=1S/C28H38N4O3/c1-18-14-22(16-29-15-18)28(34)30-12-11-24-6-5-13-32(24)21(4)25-8-9-26(20(3)19(25)2)35-17-23-7-10-27(33)31-23/h8-9,14-16,21,23-24H,5-7,10-13,17H2,1-4H3,(H,30,34)(H,31,33)/t21?,23-,24?/m1/s1. The van der Waals surface area contributed by atoms with Crippen molar-refractivity contribution in [1.29, 1.82) is 0 Å². The van der Waals surface area contributed by atoms with Crippen LogP contribution in [0.4, 0.5) is 0 Å². The van der Waals surface area contributed by atoms with Crippen LogP contribution < -0.4 is 15.4 Å². The highest BCUT2D eigenvalue weighted by Crippen LogP contribution is 2.35. The summed E-state index contributed by atoms with van der Waals surface area (Å²) in [6, 6.07) is 6.98. The molecule has 3 atom stereocenters. The first-order chi connectivity index (χ1) is 16.8. The van der Waals surface area contributed by atoms with Gasteiger partial charge in [-0.15, -0.1) is 0 Å². The monoisotopic (exact) mass is 478 g/mol. The Morgan fingerprint density at radius 1 is 1.23 bits per heavy atom. The van der Waals surface area contributed by atoms with E-state index in [1.807, 2.05) is 13.0 Å². The van der Waals surface area contributed by atoms with Crippen LogP contribution in [0.5, 0.6) is 5.75 Å². The molecule has 7 heteroatoms. The number of hydrogen-bond donors (Lipinski definition) is 2. The summed E-state index contributed by atoms with van der Waals surface area (Å²) >= 11 is 0. The van der Waals surface area contributed by atoms with Gasteiger partial charge in [-0.1, -0.05) is 6.07 Å². The minimum Gasteiger partial charge on any atom is -0.491 e. The van der Waals surface area contributed by atoms with Crippen molar-refractivity contribution in [3.8, 4) is 5.75 Å². The zero-order chi connectivity index (χ0) is 24.9. The van der Waals surface area contributed by atoms with E-state index < -0.39 is 0 Å². The number of ether oxygens (including phenoxy) is 1. The highest BCUT2D eigenvalue weighted by molar-refractivity contribution is 5.93. The van der Waals surface area contributed by atoms with Gasteiger partial charge in [-0.05, 0) is 94.3 Å². The zero-order valence-electron chi connectivity index (χ0n) is 21.4. The number of likely N-dealkylation sites (tertiary alicyclic amines) is 1. The number of nitrogens with one attached hydrogen (secondary N) is 2. The SMILES string of the molecule is Cc1cncc(C(=O)NCCC2CCCN2C(C)c2ccc(OC[C@H]3CCC(=O)N3)c(C)c2C)c1. The molecule has 0 radical (unpaired) electrons. The lowest BCUT2D eigenvalue weighted by molar-refractivity contribution is -0.119. The Kier molecular flexibility index (Phi) is 8.06. The molecule has 0 bridgehead atoms. The molecule has 7 nitrogen and oxygen atoms in total. The largest absolute Gasteiger partial charge is 0.491 e. The van der Waals surface area contributed by atoms with Gasteiger partial charge in [-0.25, -0.2) is 0 Å². The van der Waals surface area contributed by atoms with Crippen molar-refractivity contribution >= 4 is 11.8 Å². The van der Waals surface area contributed by atoms with Crippen molar-refractivity contribution in [3.05, 3.63) is 58.4 Å². The highest BCUT2D eigenvalue weighted by atomic mass is 16.5. The molecule has 1 aromatic carbocycles. The molecule has 188 valence electrons. The van der Waals surface area contributed by atoms with Gasteiger partial charge in [0.1, 0.15) is 12.4 Å². The molecule has 0 saturated carbocycles. The van der Waals surface area contributed by atoms with Crippen molar-refractivity contribution in [1.82, 2.24) is 20.5 Å². The van der Waals surface area contributed by atoms with E-state index in [0.29, 0.717) is 37.2 Å². The summed E-state index contributed by atoms with van der Waals surface area (Å²) in [5, 5.41) is 6.04. The van der Waals surface area contributed by atoms with E-state index in [2.05, 4.69) is 53.4 Å². The molecule has 2 fully saturated rings. The van der Waals surface area contributed by atoms with Crippen LogP contribution in [0, 0.1) is 20.8 Å². The summed E-state index contributed by atoms with van der Waals surface area (Å²) in [6.07, 6.45) is 8.06. The van der Waals surface area contributed by atoms with Gasteiger partial charge in [0.2, 0.25) is 5.91 Å². The fourth-order valence-corrected chi connectivity index (χ4v) is 5.41. The summed E-state index contributed by atoms with van der Waals surface area (Å²) in [7, 11) is 0. The lowest BCUT2D eigenvalue weighted by Gasteiger charge is -2.32. The number of pyridine rings is 1. The second kappa shape index (κ2) is 11.2. The third-order valence-electron chi connectivity index (χ3n) is 7.57. The molecule has 0 aliphatic carbocycles. The fourth-order valence-electron chi connectivity index (χ4n) is 5.41. The van der Waals surface area contributed by atoms with Crippen LogP contribution in [0.2, 0.25) is 0 Å². The molecule has 2 unspecified atom stereocenters. The van der Waals surface area contributed by atoms with Crippen LogP contribution in [-0.2, 0) is 4.79 Å². The van der Waals surface area contributed by atoms with Crippen LogP contribution in [0.3, 0.4) is 0 Å². The number of carbonyl (C=O) groups excluding carboxylic acids is 2. The first kappa shape index (κ1) is 25.2. The maximum Gasteiger partial charge on any atom is 0.252 e. The van der Waals surface area contributed by atoms with Crippen LogP contribution in [0.25, 0.3) is 0 Å². The van der Waals surface area contributed by atoms with Gasteiger partial charge >= 0.3 is 0 Å². The zero-order valence-corrected chi connectivity index (χ0v) is 21.4. The van der Waals surface area contributed by atoms with Crippen LogP contribution in [0.1, 0.15) is 77.7 Å². The number of benzene rings is 1. The Morgan fingerprint density at radius 3 is 2.80 bits per heavy atom. The van der Waals surface area contributed by atoms with E-state index in [9.17, 15) is 9.59 Å². The van der Waals surface area contributed by atoms with Crippen molar-refractivity contribution in [3.63, 3.8) is 0 Å². The normalized spacial score (nSPS) is 21.1. The predicted molar refractivity (Wildman–Crippen MR) is 137 cm³/mol. The lowest BCUT2D eigenvalue weighted by atomic mass is 9.96. The molecule has 2 saturated heterocycles. The molecular weight excluding hydrogens is 440 g/mol. The Labute approximate surface area is 208 Å². The van der Waals surface area contributed by atoms with Gasteiger partial charge in [0, 0.05) is 37.4 Å². The minimum atomic E-state index is -0.0574. The average Bonchev–Trinajstić information content (AvgIpc) is 3.48. The number of carbonyl (C=O) groups is 2. The molecule has 2 N–H and O–H groups in total. The summed E-state index contributed by atoms with van der Waals surface area (Å²) in [4.78, 5) is 30.6. The first-order valence-electron chi connectivity index (χ1n) is 12.8. The molecule has 2 aliphatic rings. The summed E-state index contributed by atoms with van der Waals surface area (Å²) in [5.41, 5.74) is 5.35. The van der Waals surface area contributed by atoms with Crippen LogP contribution in [0.15, 0.2) is 30.6 Å². The van der Waals surface area contributed by atoms with E-state index in [-0.39, 0.29) is 17.9 Å². The minimum absolute atomic E-state index is 0.0574. The maximum absolute atomic E-state index is 12.5. The van der Waals surface area contributed by atoms with Crippen molar-refractivity contribution in [2.45, 2.75) is 77.9 Å². The van der Waals surface area contributed by atoms with Crippen molar-refractivity contribution < 1.29 is 14.3 Å². The Hall–Kier alpha value is -2.93. The number of amides is 2. The smallest absolute Gasteiger partial charge is 0.252 e. The number of rotatable bonds is 9. The topological polar surface area (TPSA) is 83.6 Å². The molecule has 2 amide bonds. The average molecular weight is 479 g/mol. The Bertz CT molecular complexity index is 1070. The first-order valence-corrected chi connectivity index (χ1v) is 12.8. The molecule has 4 rings (SSSR count). The third kappa shape index (κ3) is 6.01. The second-order valence-electron chi connectivity index (χ2n) is 10.0. The lowest BCUT2D eigenvalue weighted by Crippen LogP contribution is -2.36. The molecule has 35 heavy (non-hydrogen) atoms. The van der Waals surface area contributed by atoms with E-state index in [1.54, 1.807) is 12.4 Å². The molecule has 2 aliphatic heterocycles. The molecular formula is C28H38N4O3. The third-order valence-corrected chi connectivity index (χ3v) is 7.57. The summed E-state index contributed by atoms with van der Waals surface area (Å²) in [6.45, 7) is 10.8. The maximum atomic E-state index is 12.5. The Morgan fingerprint density at radius 2 is 2.06 bits per heavy atom. The highest BCUT2D eigenvalue weighted by Gasteiger charge is 2.30. The number of hydrogen-bond acceptors (Lipinski definition) is 5. The molecule has 2 aromatic rings. The number of nitrogens with zero attached hydrogens (tertiary/aromatic N) is 2. The van der Waals surface area contributed by atoms with Gasteiger partial charge in [-0.3, -0.25) is 19.5 Å². The van der Waals surface area contributed by atoms with Crippen LogP contribution in [-0.4, -0.2) is 53.5 Å². The van der Waals surface area contributed by atoms with E-state index in [4.69, 9.17) is 4.74 Å². The van der Waals surface area contributed by atoms with Gasteiger partial charge in [0.05, 0.1) is 11.6 Å². The van der Waals surface area contributed by atoms with Crippen LogP contribution >= 0.6 is 0 Å². The van der Waals surface area contributed by atoms with E-state index in [0.717, 1.165) is 42.7 Å². The number of aromatic nitrogens is 1. The molecule has 1 aromatic heterocycles. The molecule has 3 heterocycles.